The van der Waals surface area contributed by atoms with Crippen molar-refractivity contribution < 1.29 is 5.11 Å². The lowest BCUT2D eigenvalue weighted by molar-refractivity contribution is 0.475. The van der Waals surface area contributed by atoms with E-state index in [9.17, 15) is 0 Å². The summed E-state index contributed by atoms with van der Waals surface area (Å²) in [6.07, 6.45) is 0. The molecule has 0 aliphatic rings. The van der Waals surface area contributed by atoms with E-state index in [1.165, 1.54) is 0 Å². The molecule has 10 heavy (non-hydrogen) atoms. The molecule has 54 valence electrons. The summed E-state index contributed by atoms with van der Waals surface area (Å²) in [6, 6.07) is 5.25. The first kappa shape index (κ1) is 6.93. The summed E-state index contributed by atoms with van der Waals surface area (Å²) in [5, 5.41) is 12.0. The molecule has 2 heteroatoms. The molecule has 0 saturated heterocycles. The molecule has 1 aromatic rings. The Kier molecular flexibility index (Phi) is 1.81. The minimum Gasteiger partial charge on any atom is -0.508 e. The lowest BCUT2D eigenvalue weighted by atomic mass is 10.2. The number of hydrogen-bond donors (Lipinski definition) is 2. The lowest BCUT2D eigenvalue weighted by Crippen LogP contribution is -1.89. The molecule has 0 radical (unpaired) electrons. The van der Waals surface area contributed by atoms with Gasteiger partial charge in [0, 0.05) is 12.7 Å². The maximum Gasteiger partial charge on any atom is 0.115 e. The van der Waals surface area contributed by atoms with Gasteiger partial charge in [0.15, 0.2) is 0 Å². The summed E-state index contributed by atoms with van der Waals surface area (Å²) in [6.45, 7) is 1.95. The number of aryl methyl sites for hydroxylation is 1. The van der Waals surface area contributed by atoms with E-state index in [4.69, 9.17) is 5.11 Å². The maximum atomic E-state index is 9.01. The van der Waals surface area contributed by atoms with Crippen molar-refractivity contribution in [3.05, 3.63) is 23.8 Å². The SMILES string of the molecule is CNc1ccc(O)cc1C. The van der Waals surface area contributed by atoms with Crippen molar-refractivity contribution in [1.29, 1.82) is 0 Å². The van der Waals surface area contributed by atoms with Gasteiger partial charge in [0.1, 0.15) is 5.75 Å². The molecule has 0 aliphatic heterocycles. The molecule has 1 aromatic carbocycles. The highest BCUT2D eigenvalue weighted by Gasteiger charge is 1.94. The molecule has 0 heterocycles. The van der Waals surface area contributed by atoms with Gasteiger partial charge in [0.25, 0.3) is 0 Å². The first-order valence-corrected chi connectivity index (χ1v) is 3.21. The van der Waals surface area contributed by atoms with E-state index in [0.717, 1.165) is 11.3 Å². The molecule has 0 aromatic heterocycles. The molecule has 0 spiro atoms. The van der Waals surface area contributed by atoms with E-state index in [1.807, 2.05) is 20.0 Å². The van der Waals surface area contributed by atoms with Crippen LogP contribution in [0.1, 0.15) is 5.56 Å². The van der Waals surface area contributed by atoms with Crippen molar-refractivity contribution in [3.63, 3.8) is 0 Å². The second-order valence-corrected chi connectivity index (χ2v) is 2.25. The van der Waals surface area contributed by atoms with Gasteiger partial charge in [-0.3, -0.25) is 0 Å². The zero-order valence-corrected chi connectivity index (χ0v) is 6.18. The molecular weight excluding hydrogens is 126 g/mol. The van der Waals surface area contributed by atoms with Crippen LogP contribution >= 0.6 is 0 Å². The number of nitrogens with one attached hydrogen (secondary N) is 1. The third-order valence-corrected chi connectivity index (χ3v) is 1.48. The second kappa shape index (κ2) is 2.60. The summed E-state index contributed by atoms with van der Waals surface area (Å²) >= 11 is 0. The number of phenolic OH excluding ortho intramolecular Hbond substituents is 1. The van der Waals surface area contributed by atoms with Crippen LogP contribution in [0.15, 0.2) is 18.2 Å². The van der Waals surface area contributed by atoms with Crippen molar-refractivity contribution in [2.45, 2.75) is 6.92 Å². The van der Waals surface area contributed by atoms with Gasteiger partial charge >= 0.3 is 0 Å². The van der Waals surface area contributed by atoms with Gasteiger partial charge in [-0.1, -0.05) is 0 Å². The molecule has 0 fully saturated rings. The highest BCUT2D eigenvalue weighted by atomic mass is 16.3. The van der Waals surface area contributed by atoms with Crippen LogP contribution < -0.4 is 5.32 Å². The van der Waals surface area contributed by atoms with Gasteiger partial charge in [-0.2, -0.15) is 0 Å². The summed E-state index contributed by atoms with van der Waals surface area (Å²) in [7, 11) is 1.86. The fourth-order valence-electron chi connectivity index (χ4n) is 0.928. The number of aromatic hydroxyl groups is 1. The van der Waals surface area contributed by atoms with E-state index >= 15 is 0 Å². The third kappa shape index (κ3) is 1.21. The molecule has 0 amide bonds. The van der Waals surface area contributed by atoms with Gasteiger partial charge in [-0.05, 0) is 30.7 Å². The van der Waals surface area contributed by atoms with Crippen LogP contribution in [-0.2, 0) is 0 Å². The van der Waals surface area contributed by atoms with E-state index in [1.54, 1.807) is 12.1 Å². The third-order valence-electron chi connectivity index (χ3n) is 1.48. The Morgan fingerprint density at radius 2 is 2.10 bits per heavy atom. The largest absolute Gasteiger partial charge is 0.508 e. The Morgan fingerprint density at radius 3 is 2.60 bits per heavy atom. The van der Waals surface area contributed by atoms with Crippen LogP contribution in [0.2, 0.25) is 0 Å². The van der Waals surface area contributed by atoms with E-state index < -0.39 is 0 Å². The summed E-state index contributed by atoms with van der Waals surface area (Å²) in [5.41, 5.74) is 2.11. The molecule has 0 saturated carbocycles. The van der Waals surface area contributed by atoms with Gasteiger partial charge in [-0.25, -0.2) is 0 Å². The lowest BCUT2D eigenvalue weighted by Gasteiger charge is -2.03. The Labute approximate surface area is 60.5 Å². The molecule has 2 nitrogen and oxygen atoms in total. The van der Waals surface area contributed by atoms with Crippen LogP contribution in [0.3, 0.4) is 0 Å². The zero-order chi connectivity index (χ0) is 7.56. The monoisotopic (exact) mass is 137 g/mol. The van der Waals surface area contributed by atoms with Crippen LogP contribution in [0.4, 0.5) is 5.69 Å². The standard InChI is InChI=1S/C8H11NO/c1-6-5-7(10)3-4-8(6)9-2/h3-5,9-10H,1-2H3. The van der Waals surface area contributed by atoms with E-state index in [0.29, 0.717) is 5.75 Å². The molecule has 0 atom stereocenters. The quantitative estimate of drug-likeness (QED) is 0.578. The number of phenols is 1. The first-order valence-electron chi connectivity index (χ1n) is 3.21. The van der Waals surface area contributed by atoms with Crippen molar-refractivity contribution in [2.75, 3.05) is 12.4 Å². The molecular formula is C8H11NO. The Morgan fingerprint density at radius 1 is 1.40 bits per heavy atom. The van der Waals surface area contributed by atoms with Crippen LogP contribution in [0, 0.1) is 6.92 Å². The minimum absolute atomic E-state index is 0.316. The molecule has 2 N–H and O–H groups in total. The number of benzene rings is 1. The fraction of sp³-hybridized carbons (Fsp3) is 0.250. The summed E-state index contributed by atoms with van der Waals surface area (Å²) in [5.74, 6) is 0.316. The minimum atomic E-state index is 0.316. The van der Waals surface area contributed by atoms with Crippen molar-refractivity contribution in [3.8, 4) is 5.75 Å². The average molecular weight is 137 g/mol. The van der Waals surface area contributed by atoms with Crippen LogP contribution in [0.25, 0.3) is 0 Å². The smallest absolute Gasteiger partial charge is 0.115 e. The number of hydrogen-bond acceptors (Lipinski definition) is 2. The predicted octanol–water partition coefficient (Wildman–Crippen LogP) is 1.74. The van der Waals surface area contributed by atoms with Crippen molar-refractivity contribution in [2.24, 2.45) is 0 Å². The normalized spacial score (nSPS) is 9.40. The van der Waals surface area contributed by atoms with Gasteiger partial charge in [0.2, 0.25) is 0 Å². The fourth-order valence-corrected chi connectivity index (χ4v) is 0.928. The topological polar surface area (TPSA) is 32.3 Å². The Bertz CT molecular complexity index is 233. The average Bonchev–Trinajstić information content (AvgIpc) is 1.88. The van der Waals surface area contributed by atoms with Crippen molar-refractivity contribution >= 4 is 5.69 Å². The van der Waals surface area contributed by atoms with Gasteiger partial charge in [-0.15, -0.1) is 0 Å². The molecule has 1 rings (SSSR count). The number of anilines is 1. The van der Waals surface area contributed by atoms with Crippen LogP contribution in [0.5, 0.6) is 5.75 Å². The van der Waals surface area contributed by atoms with Crippen molar-refractivity contribution in [1.82, 2.24) is 0 Å². The Hall–Kier alpha value is -1.18. The highest BCUT2D eigenvalue weighted by Crippen LogP contribution is 2.18. The van der Waals surface area contributed by atoms with Gasteiger partial charge < -0.3 is 10.4 Å². The number of rotatable bonds is 1. The van der Waals surface area contributed by atoms with Crippen LogP contribution in [-0.4, -0.2) is 12.2 Å². The zero-order valence-electron chi connectivity index (χ0n) is 6.18. The van der Waals surface area contributed by atoms with E-state index in [-0.39, 0.29) is 0 Å². The maximum absolute atomic E-state index is 9.01. The molecule has 0 bridgehead atoms. The molecule has 0 unspecified atom stereocenters. The first-order chi connectivity index (χ1) is 4.74. The second-order valence-electron chi connectivity index (χ2n) is 2.25. The highest BCUT2D eigenvalue weighted by molar-refractivity contribution is 5.52. The summed E-state index contributed by atoms with van der Waals surface area (Å²) in [4.78, 5) is 0. The van der Waals surface area contributed by atoms with Gasteiger partial charge in [0.05, 0.1) is 0 Å². The predicted molar refractivity (Wildman–Crippen MR) is 42.4 cm³/mol. The van der Waals surface area contributed by atoms with E-state index in [2.05, 4.69) is 5.32 Å². The molecule has 0 aliphatic carbocycles. The summed E-state index contributed by atoms with van der Waals surface area (Å²) < 4.78 is 0. The Balaban J connectivity index is 3.07.